The second-order valence-electron chi connectivity index (χ2n) is 7.96. The molecule has 0 bridgehead atoms. The number of ether oxygens (including phenoxy) is 1. The number of carbonyl (C=O) groups excluding carboxylic acids is 1. The average Bonchev–Trinajstić information content (AvgIpc) is 3.15. The number of nitrogens with zero attached hydrogens (tertiary/aromatic N) is 1. The number of nitrogens with one attached hydrogen (secondary N) is 2. The van der Waals surface area contributed by atoms with Crippen LogP contribution >= 0.6 is 0 Å². The van der Waals surface area contributed by atoms with Gasteiger partial charge in [-0.25, -0.2) is 17.9 Å². The number of amides is 2. The van der Waals surface area contributed by atoms with Gasteiger partial charge in [0.1, 0.15) is 5.75 Å². The number of urea groups is 1. The van der Waals surface area contributed by atoms with E-state index in [0.29, 0.717) is 31.6 Å². The largest absolute Gasteiger partial charge is 0.490 e. The van der Waals surface area contributed by atoms with Crippen LogP contribution in [0.25, 0.3) is 0 Å². The predicted molar refractivity (Wildman–Crippen MR) is 110 cm³/mol. The van der Waals surface area contributed by atoms with Gasteiger partial charge >= 0.3 is 6.03 Å². The highest BCUT2D eigenvalue weighted by Gasteiger charge is 2.27. The first-order valence-electron chi connectivity index (χ1n) is 10.2. The van der Waals surface area contributed by atoms with Crippen LogP contribution in [0.2, 0.25) is 0 Å². The summed E-state index contributed by atoms with van der Waals surface area (Å²) in [5.74, 6) is 0.784. The summed E-state index contributed by atoms with van der Waals surface area (Å²) in [6, 6.07) is 7.23. The molecule has 1 aromatic carbocycles. The van der Waals surface area contributed by atoms with Crippen molar-refractivity contribution in [1.82, 2.24) is 9.62 Å². The second-order valence-corrected chi connectivity index (χ2v) is 10.2. The number of hydrogen-bond acceptors (Lipinski definition) is 4. The zero-order valence-corrected chi connectivity index (χ0v) is 17.5. The van der Waals surface area contributed by atoms with E-state index in [-0.39, 0.29) is 18.2 Å². The number of piperidine rings is 1. The van der Waals surface area contributed by atoms with Crippen molar-refractivity contribution in [2.24, 2.45) is 0 Å². The lowest BCUT2D eigenvalue weighted by Crippen LogP contribution is -2.48. The Hall–Kier alpha value is -1.80. The number of hydrogen-bond donors (Lipinski definition) is 2. The molecule has 7 nitrogen and oxygen atoms in total. The maximum Gasteiger partial charge on any atom is 0.321 e. The minimum atomic E-state index is -3.28. The molecule has 0 aromatic heterocycles. The second kappa shape index (κ2) is 9.13. The fraction of sp³-hybridized carbons (Fsp3) is 0.650. The Morgan fingerprint density at radius 2 is 1.82 bits per heavy atom. The van der Waals surface area contributed by atoms with Gasteiger partial charge in [-0.3, -0.25) is 0 Å². The van der Waals surface area contributed by atoms with Crippen LogP contribution < -0.4 is 14.8 Å². The van der Waals surface area contributed by atoms with E-state index in [9.17, 15) is 13.2 Å². The molecule has 1 aliphatic heterocycles. The van der Waals surface area contributed by atoms with Gasteiger partial charge in [0.25, 0.3) is 0 Å². The van der Waals surface area contributed by atoms with E-state index >= 15 is 0 Å². The Bertz CT molecular complexity index is 767. The highest BCUT2D eigenvalue weighted by atomic mass is 32.2. The van der Waals surface area contributed by atoms with Crippen molar-refractivity contribution in [3.8, 4) is 5.75 Å². The predicted octanol–water partition coefficient (Wildman–Crippen LogP) is 3.33. The van der Waals surface area contributed by atoms with Crippen molar-refractivity contribution < 1.29 is 17.9 Å². The summed E-state index contributed by atoms with van der Waals surface area (Å²) in [7, 11) is -3.28. The van der Waals surface area contributed by atoms with Gasteiger partial charge in [-0.2, -0.15) is 0 Å². The van der Waals surface area contributed by atoms with Crippen LogP contribution in [0.5, 0.6) is 5.75 Å². The van der Waals surface area contributed by atoms with E-state index in [2.05, 4.69) is 10.0 Å². The molecule has 2 fully saturated rings. The van der Waals surface area contributed by atoms with E-state index in [0.717, 1.165) is 18.6 Å². The van der Waals surface area contributed by atoms with Crippen molar-refractivity contribution in [1.29, 1.82) is 0 Å². The molecule has 156 valence electrons. The van der Waals surface area contributed by atoms with Gasteiger partial charge in [-0.1, -0.05) is 6.07 Å². The molecule has 0 spiro atoms. The molecule has 1 saturated heterocycles. The summed E-state index contributed by atoms with van der Waals surface area (Å²) in [6.07, 6.45) is 6.11. The Balaban J connectivity index is 1.49. The van der Waals surface area contributed by atoms with Crippen molar-refractivity contribution in [2.45, 2.75) is 69.8 Å². The Labute approximate surface area is 167 Å². The summed E-state index contributed by atoms with van der Waals surface area (Å²) in [6.45, 7) is 4.37. The summed E-state index contributed by atoms with van der Waals surface area (Å²) in [4.78, 5) is 14.3. The first-order valence-corrected chi connectivity index (χ1v) is 11.7. The lowest BCUT2D eigenvalue weighted by Gasteiger charge is -2.32. The molecule has 0 radical (unpaired) electrons. The Kier molecular flexibility index (Phi) is 6.82. The van der Waals surface area contributed by atoms with E-state index in [4.69, 9.17) is 4.74 Å². The van der Waals surface area contributed by atoms with E-state index in [1.807, 2.05) is 24.3 Å². The van der Waals surface area contributed by atoms with Crippen LogP contribution in [0.1, 0.15) is 52.4 Å². The van der Waals surface area contributed by atoms with Crippen LogP contribution in [-0.4, -0.2) is 49.8 Å². The topological polar surface area (TPSA) is 87.7 Å². The molecule has 8 heteroatoms. The summed E-state index contributed by atoms with van der Waals surface area (Å²) in [5, 5.41) is 2.48. The first-order chi connectivity index (χ1) is 13.3. The van der Waals surface area contributed by atoms with E-state index < -0.39 is 15.3 Å². The van der Waals surface area contributed by atoms with Crippen molar-refractivity contribution in [2.75, 3.05) is 18.4 Å². The smallest absolute Gasteiger partial charge is 0.321 e. The highest BCUT2D eigenvalue weighted by molar-refractivity contribution is 7.90. The Morgan fingerprint density at radius 1 is 1.14 bits per heavy atom. The molecule has 2 amide bonds. The number of carbonyl (C=O) groups is 1. The zero-order chi connectivity index (χ0) is 20.1. The van der Waals surface area contributed by atoms with Crippen LogP contribution in [0, 0.1) is 0 Å². The third-order valence-corrected chi connectivity index (χ3v) is 7.33. The number of anilines is 1. The molecule has 2 N–H and O–H groups in total. The van der Waals surface area contributed by atoms with Gasteiger partial charge in [0.2, 0.25) is 10.0 Å². The van der Waals surface area contributed by atoms with Crippen molar-refractivity contribution >= 4 is 21.7 Å². The van der Waals surface area contributed by atoms with Gasteiger partial charge in [0.15, 0.2) is 0 Å². The fourth-order valence-electron chi connectivity index (χ4n) is 3.62. The zero-order valence-electron chi connectivity index (χ0n) is 16.7. The molecule has 1 saturated carbocycles. The number of benzene rings is 1. The quantitative estimate of drug-likeness (QED) is 0.754. The summed E-state index contributed by atoms with van der Waals surface area (Å²) >= 11 is 0. The molecule has 28 heavy (non-hydrogen) atoms. The van der Waals surface area contributed by atoms with Gasteiger partial charge in [-0.15, -0.1) is 0 Å². The third-order valence-electron chi connectivity index (χ3n) is 5.42. The lowest BCUT2D eigenvalue weighted by molar-refractivity contribution is 0.193. The number of likely N-dealkylation sites (tertiary alicyclic amines) is 1. The molecule has 3 rings (SSSR count). The standard InChI is InChI=1S/C20H31N3O4S/c1-15(2)28(25,26)22-16-10-12-23(13-11-16)20(24)21-17-6-5-9-19(14-17)27-18-7-3-4-8-18/h5-6,9,14-16,18,22H,3-4,7-8,10-13H2,1-2H3,(H,21,24). The van der Waals surface area contributed by atoms with E-state index in [1.165, 1.54) is 12.8 Å². The molecule has 1 aromatic rings. The molecule has 0 unspecified atom stereocenters. The van der Waals surface area contributed by atoms with Crippen LogP contribution in [-0.2, 0) is 10.0 Å². The maximum atomic E-state index is 12.6. The SMILES string of the molecule is CC(C)S(=O)(=O)NC1CCN(C(=O)Nc2cccc(OC3CCCC3)c2)CC1. The maximum absolute atomic E-state index is 12.6. The minimum Gasteiger partial charge on any atom is -0.490 e. The summed E-state index contributed by atoms with van der Waals surface area (Å²) < 4.78 is 32.7. The molecular formula is C20H31N3O4S. The van der Waals surface area contributed by atoms with Gasteiger partial charge in [0.05, 0.1) is 11.4 Å². The van der Waals surface area contributed by atoms with Crippen LogP contribution in [0.15, 0.2) is 24.3 Å². The minimum absolute atomic E-state index is 0.111. The molecule has 2 aliphatic rings. The van der Waals surface area contributed by atoms with Gasteiger partial charge < -0.3 is 15.0 Å². The van der Waals surface area contributed by atoms with Gasteiger partial charge in [0, 0.05) is 30.9 Å². The molecule has 1 aliphatic carbocycles. The Morgan fingerprint density at radius 3 is 2.46 bits per heavy atom. The highest BCUT2D eigenvalue weighted by Crippen LogP contribution is 2.26. The van der Waals surface area contributed by atoms with E-state index in [1.54, 1.807) is 18.7 Å². The number of sulfonamides is 1. The fourth-order valence-corrected chi connectivity index (χ4v) is 4.59. The molecular weight excluding hydrogens is 378 g/mol. The van der Waals surface area contributed by atoms with Crippen LogP contribution in [0.4, 0.5) is 10.5 Å². The number of rotatable bonds is 6. The first kappa shape index (κ1) is 20.9. The third kappa shape index (κ3) is 5.61. The van der Waals surface area contributed by atoms with Crippen LogP contribution in [0.3, 0.4) is 0 Å². The normalized spacial score (nSPS) is 19.2. The molecule has 0 atom stereocenters. The monoisotopic (exact) mass is 409 g/mol. The summed E-state index contributed by atoms with van der Waals surface area (Å²) in [5.41, 5.74) is 0.711. The average molecular weight is 410 g/mol. The van der Waals surface area contributed by atoms with Crippen molar-refractivity contribution in [3.63, 3.8) is 0 Å². The molecule has 1 heterocycles. The van der Waals surface area contributed by atoms with Gasteiger partial charge in [-0.05, 0) is 64.5 Å². The lowest BCUT2D eigenvalue weighted by atomic mass is 10.1. The van der Waals surface area contributed by atoms with Crippen molar-refractivity contribution in [3.05, 3.63) is 24.3 Å².